The predicted octanol–water partition coefficient (Wildman–Crippen LogP) is 2.51. The molecule has 0 spiro atoms. The fourth-order valence-electron chi connectivity index (χ4n) is 2.11. The standard InChI is InChI=1S/C14H19NO/c1-15-14(13-8-5-9-16-11-13)10-12-6-3-2-4-7-12/h2-4,6-7,11,14-15H,5,8-10H2,1H3. The van der Waals surface area contributed by atoms with E-state index in [0.717, 1.165) is 25.9 Å². The zero-order valence-electron chi connectivity index (χ0n) is 9.78. The molecule has 1 aliphatic rings. The summed E-state index contributed by atoms with van der Waals surface area (Å²) in [5.74, 6) is 0. The molecule has 86 valence electrons. The molecule has 1 aromatic rings. The molecule has 1 aromatic carbocycles. The van der Waals surface area contributed by atoms with Gasteiger partial charge in [-0.05, 0) is 37.4 Å². The molecule has 1 atom stereocenters. The van der Waals surface area contributed by atoms with Crippen LogP contribution in [-0.2, 0) is 11.2 Å². The van der Waals surface area contributed by atoms with Crippen LogP contribution < -0.4 is 5.32 Å². The van der Waals surface area contributed by atoms with Crippen LogP contribution in [0.25, 0.3) is 0 Å². The van der Waals surface area contributed by atoms with Gasteiger partial charge in [0.25, 0.3) is 0 Å². The lowest BCUT2D eigenvalue weighted by Crippen LogP contribution is -2.31. The lowest BCUT2D eigenvalue weighted by atomic mass is 9.96. The number of benzene rings is 1. The molecule has 0 saturated heterocycles. The van der Waals surface area contributed by atoms with E-state index in [0.29, 0.717) is 6.04 Å². The fourth-order valence-corrected chi connectivity index (χ4v) is 2.11. The quantitative estimate of drug-likeness (QED) is 0.836. The Labute approximate surface area is 97.3 Å². The van der Waals surface area contributed by atoms with Crippen molar-refractivity contribution in [1.29, 1.82) is 0 Å². The Morgan fingerprint density at radius 1 is 1.31 bits per heavy atom. The largest absolute Gasteiger partial charge is 0.501 e. The van der Waals surface area contributed by atoms with Gasteiger partial charge in [0.1, 0.15) is 0 Å². The molecule has 0 aliphatic carbocycles. The summed E-state index contributed by atoms with van der Waals surface area (Å²) >= 11 is 0. The van der Waals surface area contributed by atoms with Crippen LogP contribution in [0.5, 0.6) is 0 Å². The van der Waals surface area contributed by atoms with Crippen molar-refractivity contribution in [3.63, 3.8) is 0 Å². The second-order valence-corrected chi connectivity index (χ2v) is 4.20. The Hall–Kier alpha value is -1.28. The minimum absolute atomic E-state index is 0.405. The number of likely N-dealkylation sites (N-methyl/N-ethyl adjacent to an activating group) is 1. The van der Waals surface area contributed by atoms with E-state index >= 15 is 0 Å². The van der Waals surface area contributed by atoms with Gasteiger partial charge in [-0.25, -0.2) is 0 Å². The molecular formula is C14H19NO. The summed E-state index contributed by atoms with van der Waals surface area (Å²) in [6.45, 7) is 0.866. The van der Waals surface area contributed by atoms with E-state index < -0.39 is 0 Å². The summed E-state index contributed by atoms with van der Waals surface area (Å²) < 4.78 is 5.40. The van der Waals surface area contributed by atoms with E-state index in [1.165, 1.54) is 11.1 Å². The van der Waals surface area contributed by atoms with Crippen LogP contribution in [0.2, 0.25) is 0 Å². The van der Waals surface area contributed by atoms with Gasteiger partial charge >= 0.3 is 0 Å². The van der Waals surface area contributed by atoms with Crippen molar-refractivity contribution in [3.05, 3.63) is 47.7 Å². The maximum Gasteiger partial charge on any atom is 0.0876 e. The van der Waals surface area contributed by atoms with Gasteiger partial charge in [-0.3, -0.25) is 0 Å². The third-order valence-electron chi connectivity index (χ3n) is 3.04. The van der Waals surface area contributed by atoms with Gasteiger partial charge in [0.2, 0.25) is 0 Å². The van der Waals surface area contributed by atoms with Crippen molar-refractivity contribution in [3.8, 4) is 0 Å². The first-order chi connectivity index (χ1) is 7.90. The van der Waals surface area contributed by atoms with Crippen LogP contribution in [0.4, 0.5) is 0 Å². The zero-order valence-corrected chi connectivity index (χ0v) is 9.78. The molecule has 0 bridgehead atoms. The van der Waals surface area contributed by atoms with Gasteiger partial charge in [-0.1, -0.05) is 30.3 Å². The third kappa shape index (κ3) is 2.86. The number of rotatable bonds is 4. The second-order valence-electron chi connectivity index (χ2n) is 4.20. The molecule has 0 aromatic heterocycles. The van der Waals surface area contributed by atoms with Gasteiger partial charge in [-0.15, -0.1) is 0 Å². The summed E-state index contributed by atoms with van der Waals surface area (Å²) in [5.41, 5.74) is 2.76. The molecular weight excluding hydrogens is 198 g/mol. The minimum atomic E-state index is 0.405. The van der Waals surface area contributed by atoms with Crippen LogP contribution in [0.3, 0.4) is 0 Å². The van der Waals surface area contributed by atoms with Gasteiger partial charge in [0.05, 0.1) is 12.9 Å². The average molecular weight is 217 g/mol. The van der Waals surface area contributed by atoms with E-state index in [4.69, 9.17) is 4.74 Å². The summed E-state index contributed by atoms with van der Waals surface area (Å²) in [7, 11) is 2.02. The van der Waals surface area contributed by atoms with Gasteiger partial charge in [0, 0.05) is 6.04 Å². The van der Waals surface area contributed by atoms with E-state index in [-0.39, 0.29) is 0 Å². The topological polar surface area (TPSA) is 21.3 Å². The molecule has 0 radical (unpaired) electrons. The smallest absolute Gasteiger partial charge is 0.0876 e. The molecule has 0 saturated carbocycles. The van der Waals surface area contributed by atoms with Crippen molar-refractivity contribution in [2.75, 3.05) is 13.7 Å². The van der Waals surface area contributed by atoms with E-state index in [1.54, 1.807) is 0 Å². The fraction of sp³-hybridized carbons (Fsp3) is 0.429. The zero-order chi connectivity index (χ0) is 11.2. The number of hydrogen-bond donors (Lipinski definition) is 1. The normalized spacial score (nSPS) is 17.4. The first-order valence-corrected chi connectivity index (χ1v) is 5.92. The Morgan fingerprint density at radius 3 is 2.75 bits per heavy atom. The molecule has 1 heterocycles. The molecule has 0 fully saturated rings. The van der Waals surface area contributed by atoms with Crippen LogP contribution in [-0.4, -0.2) is 19.7 Å². The van der Waals surface area contributed by atoms with Gasteiger partial charge in [-0.2, -0.15) is 0 Å². The molecule has 2 heteroatoms. The van der Waals surface area contributed by atoms with Crippen molar-refractivity contribution >= 4 is 0 Å². The highest BCUT2D eigenvalue weighted by molar-refractivity contribution is 5.20. The molecule has 1 N–H and O–H groups in total. The maximum atomic E-state index is 5.40. The Balaban J connectivity index is 2.03. The molecule has 2 nitrogen and oxygen atoms in total. The highest BCUT2D eigenvalue weighted by atomic mass is 16.5. The molecule has 2 rings (SSSR count). The molecule has 16 heavy (non-hydrogen) atoms. The Bertz CT molecular complexity index is 345. The van der Waals surface area contributed by atoms with Crippen molar-refractivity contribution < 1.29 is 4.74 Å². The highest BCUT2D eigenvalue weighted by Crippen LogP contribution is 2.18. The van der Waals surface area contributed by atoms with E-state index in [1.807, 2.05) is 13.3 Å². The summed E-state index contributed by atoms with van der Waals surface area (Å²) in [6.07, 6.45) is 5.26. The maximum absolute atomic E-state index is 5.40. The van der Waals surface area contributed by atoms with Crippen molar-refractivity contribution in [2.45, 2.75) is 25.3 Å². The van der Waals surface area contributed by atoms with E-state index in [9.17, 15) is 0 Å². The second kappa shape index (κ2) is 5.71. The van der Waals surface area contributed by atoms with Crippen molar-refractivity contribution in [2.24, 2.45) is 0 Å². The average Bonchev–Trinajstić information content (AvgIpc) is 2.38. The number of nitrogens with one attached hydrogen (secondary N) is 1. The molecule has 1 unspecified atom stereocenters. The summed E-state index contributed by atoms with van der Waals surface area (Å²) in [5, 5.41) is 3.37. The lowest BCUT2D eigenvalue weighted by Gasteiger charge is -2.22. The first kappa shape index (κ1) is 11.2. The minimum Gasteiger partial charge on any atom is -0.501 e. The van der Waals surface area contributed by atoms with E-state index in [2.05, 4.69) is 35.6 Å². The SMILES string of the molecule is CNC(Cc1ccccc1)C1=COCCC1. The van der Waals surface area contributed by atoms with Crippen LogP contribution in [0.1, 0.15) is 18.4 Å². The third-order valence-corrected chi connectivity index (χ3v) is 3.04. The van der Waals surface area contributed by atoms with Crippen LogP contribution in [0.15, 0.2) is 42.2 Å². The Morgan fingerprint density at radius 2 is 2.12 bits per heavy atom. The van der Waals surface area contributed by atoms with Crippen LogP contribution in [0, 0.1) is 0 Å². The van der Waals surface area contributed by atoms with Crippen molar-refractivity contribution in [1.82, 2.24) is 5.32 Å². The Kier molecular flexibility index (Phi) is 4.00. The predicted molar refractivity (Wildman–Crippen MR) is 66.3 cm³/mol. The van der Waals surface area contributed by atoms with Gasteiger partial charge < -0.3 is 10.1 Å². The van der Waals surface area contributed by atoms with Crippen LogP contribution >= 0.6 is 0 Å². The first-order valence-electron chi connectivity index (χ1n) is 5.92. The number of ether oxygens (including phenoxy) is 1. The van der Waals surface area contributed by atoms with Gasteiger partial charge in [0.15, 0.2) is 0 Å². The molecule has 1 aliphatic heterocycles. The summed E-state index contributed by atoms with van der Waals surface area (Å²) in [6, 6.07) is 11.0. The lowest BCUT2D eigenvalue weighted by molar-refractivity contribution is 0.219. The molecule has 0 amide bonds. The highest BCUT2D eigenvalue weighted by Gasteiger charge is 2.15. The summed E-state index contributed by atoms with van der Waals surface area (Å²) in [4.78, 5) is 0. The monoisotopic (exact) mass is 217 g/mol. The number of hydrogen-bond acceptors (Lipinski definition) is 2.